The number of aromatic nitrogens is 3. The van der Waals surface area contributed by atoms with Gasteiger partial charge in [-0.3, -0.25) is 19.4 Å². The Hall–Kier alpha value is -2.35. The average molecular weight is 209 g/mol. The Kier molecular flexibility index (Phi) is 2.10. The number of nitrogens with zero attached hydrogens (tertiary/aromatic N) is 3. The van der Waals surface area contributed by atoms with E-state index in [2.05, 4.69) is 9.79 Å². The minimum atomic E-state index is -0.769. The molecular formula is C7H7N5O3. The van der Waals surface area contributed by atoms with Crippen LogP contribution in [0, 0.1) is 5.21 Å². The van der Waals surface area contributed by atoms with Crippen LogP contribution in [0.25, 0.3) is 5.82 Å². The van der Waals surface area contributed by atoms with Crippen molar-refractivity contribution in [3.05, 3.63) is 35.4 Å². The van der Waals surface area contributed by atoms with Gasteiger partial charge in [0.15, 0.2) is 0 Å². The van der Waals surface area contributed by atoms with Crippen LogP contribution in [0.2, 0.25) is 0 Å². The summed E-state index contributed by atoms with van der Waals surface area (Å²) in [4.78, 5) is 11.2. The monoisotopic (exact) mass is 209 g/mol. The minimum absolute atomic E-state index is 0.00245. The van der Waals surface area contributed by atoms with E-state index < -0.39 is 5.91 Å². The van der Waals surface area contributed by atoms with E-state index in [1.807, 2.05) is 5.43 Å². The number of nitrogen functional groups attached to an aromatic ring is 1. The highest BCUT2D eigenvalue weighted by Gasteiger charge is 2.26. The van der Waals surface area contributed by atoms with E-state index in [-0.39, 0.29) is 16.4 Å². The molecule has 2 aromatic heterocycles. The van der Waals surface area contributed by atoms with Gasteiger partial charge in [-0.05, 0) is 17.0 Å². The summed E-state index contributed by atoms with van der Waals surface area (Å²) in [6, 6.07) is 3.43. The second kappa shape index (κ2) is 3.42. The maximum absolute atomic E-state index is 11.2. The lowest BCUT2D eigenvalue weighted by molar-refractivity contribution is -0.803. The highest BCUT2D eigenvalue weighted by molar-refractivity contribution is 5.93. The lowest BCUT2D eigenvalue weighted by Crippen LogP contribution is -2.40. The molecule has 0 bridgehead atoms. The van der Waals surface area contributed by atoms with Crippen molar-refractivity contribution in [3.63, 3.8) is 0 Å². The maximum atomic E-state index is 11.2. The predicted molar refractivity (Wildman–Crippen MR) is 46.4 cm³/mol. The Bertz CT molecular complexity index is 475. The van der Waals surface area contributed by atoms with Crippen LogP contribution in [0.4, 0.5) is 0 Å². The molecule has 0 aromatic carbocycles. The molecule has 8 heteroatoms. The molecule has 2 heterocycles. The SMILES string of the molecule is NNC(=O)c1c(-n2cccc2)no[n+]1[O-]. The Morgan fingerprint density at radius 3 is 2.87 bits per heavy atom. The number of carbonyl (C=O) groups excluding carboxylic acids is 1. The third-order valence-corrected chi connectivity index (χ3v) is 1.79. The Labute approximate surface area is 83.4 Å². The number of amides is 1. The fourth-order valence-corrected chi connectivity index (χ4v) is 1.14. The van der Waals surface area contributed by atoms with Gasteiger partial charge in [-0.2, -0.15) is 0 Å². The van der Waals surface area contributed by atoms with Gasteiger partial charge in [0.25, 0.3) is 0 Å². The van der Waals surface area contributed by atoms with E-state index in [0.717, 1.165) is 0 Å². The molecule has 0 saturated heterocycles. The molecule has 3 N–H and O–H groups in total. The quantitative estimate of drug-likeness (QED) is 0.276. The number of nitrogens with one attached hydrogen (secondary N) is 1. The van der Waals surface area contributed by atoms with Crippen LogP contribution >= 0.6 is 0 Å². The van der Waals surface area contributed by atoms with Crippen LogP contribution in [0.15, 0.2) is 29.2 Å². The van der Waals surface area contributed by atoms with Gasteiger partial charge in [0.05, 0.1) is 5.16 Å². The molecule has 0 saturated carbocycles. The first-order chi connectivity index (χ1) is 7.24. The first kappa shape index (κ1) is 9.21. The number of hydrogen-bond donors (Lipinski definition) is 2. The summed E-state index contributed by atoms with van der Waals surface area (Å²) in [6.07, 6.45) is 3.23. The number of hydrazine groups is 1. The largest absolute Gasteiger partial charge is 0.359 e. The third-order valence-electron chi connectivity index (χ3n) is 1.79. The average Bonchev–Trinajstić information content (AvgIpc) is 2.85. The van der Waals surface area contributed by atoms with E-state index in [1.165, 1.54) is 4.57 Å². The number of nitrogens with two attached hydrogens (primary N) is 1. The van der Waals surface area contributed by atoms with Gasteiger partial charge in [-0.25, -0.2) is 5.84 Å². The van der Waals surface area contributed by atoms with Gasteiger partial charge in [0, 0.05) is 12.4 Å². The van der Waals surface area contributed by atoms with Crippen molar-refractivity contribution in [3.8, 4) is 5.82 Å². The van der Waals surface area contributed by atoms with Crippen LogP contribution in [0.1, 0.15) is 10.5 Å². The topological polar surface area (TPSA) is 113 Å². The van der Waals surface area contributed by atoms with Gasteiger partial charge in [-0.1, -0.05) is 0 Å². The molecule has 2 aromatic rings. The van der Waals surface area contributed by atoms with Gasteiger partial charge in [-0.15, -0.1) is 0 Å². The summed E-state index contributed by atoms with van der Waals surface area (Å²) < 4.78 is 5.78. The molecule has 0 spiro atoms. The van der Waals surface area contributed by atoms with Crippen LogP contribution in [-0.4, -0.2) is 15.6 Å². The first-order valence-electron chi connectivity index (χ1n) is 3.98. The molecule has 0 aliphatic carbocycles. The van der Waals surface area contributed by atoms with Crippen molar-refractivity contribution in [1.82, 2.24) is 15.1 Å². The van der Waals surface area contributed by atoms with Crippen LogP contribution < -0.4 is 16.2 Å². The molecule has 2 rings (SSSR count). The van der Waals surface area contributed by atoms with E-state index in [0.29, 0.717) is 0 Å². The maximum Gasteiger partial charge on any atom is 0.331 e. The Morgan fingerprint density at radius 2 is 2.27 bits per heavy atom. The van der Waals surface area contributed by atoms with E-state index in [1.54, 1.807) is 24.5 Å². The second-order valence-electron chi connectivity index (χ2n) is 2.67. The summed E-state index contributed by atoms with van der Waals surface area (Å²) in [5.41, 5.74) is 1.54. The fourth-order valence-electron chi connectivity index (χ4n) is 1.14. The van der Waals surface area contributed by atoms with Gasteiger partial charge in [0.2, 0.25) is 0 Å². The molecule has 0 fully saturated rings. The van der Waals surface area contributed by atoms with Crippen molar-refractivity contribution in [2.45, 2.75) is 0 Å². The standard InChI is InChI=1S/C7H7N5O3/c8-9-7(13)5-6(10-15-12(5)14)11-3-1-2-4-11/h1-4H,8H2,(H,9,13). The lowest BCUT2D eigenvalue weighted by atomic mass is 10.4. The third kappa shape index (κ3) is 1.42. The highest BCUT2D eigenvalue weighted by atomic mass is 16.8. The van der Waals surface area contributed by atoms with Gasteiger partial charge >= 0.3 is 17.4 Å². The van der Waals surface area contributed by atoms with Crippen LogP contribution in [0.5, 0.6) is 0 Å². The molecule has 0 unspecified atom stereocenters. The zero-order valence-electron chi connectivity index (χ0n) is 7.45. The molecular weight excluding hydrogens is 202 g/mol. The molecule has 0 aliphatic rings. The number of hydrogen-bond acceptors (Lipinski definition) is 5. The molecule has 1 amide bonds. The molecule has 15 heavy (non-hydrogen) atoms. The minimum Gasteiger partial charge on any atom is -0.359 e. The Morgan fingerprint density at radius 1 is 1.60 bits per heavy atom. The summed E-state index contributed by atoms with van der Waals surface area (Å²) in [5, 5.41) is 14.5. The highest BCUT2D eigenvalue weighted by Crippen LogP contribution is 2.07. The smallest absolute Gasteiger partial charge is 0.331 e. The molecule has 0 radical (unpaired) electrons. The number of rotatable bonds is 2. The van der Waals surface area contributed by atoms with E-state index in [9.17, 15) is 10.0 Å². The predicted octanol–water partition coefficient (Wildman–Crippen LogP) is -1.30. The summed E-state index contributed by atoms with van der Waals surface area (Å²) in [6.45, 7) is 0. The Balaban J connectivity index is 2.54. The normalized spacial score (nSPS) is 10.2. The van der Waals surface area contributed by atoms with Crippen molar-refractivity contribution >= 4 is 5.91 Å². The lowest BCUT2D eigenvalue weighted by Gasteiger charge is -1.96. The summed E-state index contributed by atoms with van der Waals surface area (Å²) in [7, 11) is 0. The first-order valence-corrected chi connectivity index (χ1v) is 3.98. The molecule has 78 valence electrons. The van der Waals surface area contributed by atoms with Crippen molar-refractivity contribution in [2.75, 3.05) is 0 Å². The number of carbonyl (C=O) groups is 1. The van der Waals surface area contributed by atoms with Crippen molar-refractivity contribution < 1.29 is 14.3 Å². The summed E-state index contributed by atoms with van der Waals surface area (Å²) >= 11 is 0. The fraction of sp³-hybridized carbons (Fsp3) is 0. The van der Waals surface area contributed by atoms with Gasteiger partial charge in [0.1, 0.15) is 0 Å². The van der Waals surface area contributed by atoms with Crippen LogP contribution in [-0.2, 0) is 0 Å². The molecule has 8 nitrogen and oxygen atoms in total. The van der Waals surface area contributed by atoms with Crippen molar-refractivity contribution in [2.24, 2.45) is 5.84 Å². The van der Waals surface area contributed by atoms with Crippen LogP contribution in [0.3, 0.4) is 0 Å². The van der Waals surface area contributed by atoms with Gasteiger partial charge < -0.3 is 5.21 Å². The van der Waals surface area contributed by atoms with Crippen molar-refractivity contribution in [1.29, 1.82) is 0 Å². The van der Waals surface area contributed by atoms with E-state index >= 15 is 0 Å². The second-order valence-corrected chi connectivity index (χ2v) is 2.67. The molecule has 0 aliphatic heterocycles. The zero-order valence-corrected chi connectivity index (χ0v) is 7.45. The van der Waals surface area contributed by atoms with E-state index in [4.69, 9.17) is 5.84 Å². The zero-order chi connectivity index (χ0) is 10.8. The summed E-state index contributed by atoms with van der Waals surface area (Å²) in [5.74, 6) is 4.24. The molecule has 0 atom stereocenters.